The molecule has 0 atom stereocenters. The van der Waals surface area contributed by atoms with Crippen LogP contribution in [0.3, 0.4) is 0 Å². The van der Waals surface area contributed by atoms with Crippen LogP contribution in [0.1, 0.15) is 30.5 Å². The first-order valence-electron chi connectivity index (χ1n) is 9.68. The van der Waals surface area contributed by atoms with Gasteiger partial charge in [-0.3, -0.25) is 0 Å². The monoisotopic (exact) mass is 507 g/mol. The summed E-state index contributed by atoms with van der Waals surface area (Å²) in [6.45, 7) is 6.64. The van der Waals surface area contributed by atoms with Crippen LogP contribution in [0, 0.1) is 19.3 Å². The van der Waals surface area contributed by atoms with Crippen molar-refractivity contribution in [1.29, 1.82) is 0 Å². The molecule has 0 aromatic heterocycles. The molecular formula is C26H23Cl2Ru+. The van der Waals surface area contributed by atoms with Gasteiger partial charge in [-0.25, -0.2) is 0 Å². The summed E-state index contributed by atoms with van der Waals surface area (Å²) in [7, 11) is 12.7. The number of halogens is 2. The van der Waals surface area contributed by atoms with Gasteiger partial charge in [0.1, 0.15) is 0 Å². The van der Waals surface area contributed by atoms with Crippen molar-refractivity contribution >= 4 is 45.5 Å². The van der Waals surface area contributed by atoms with E-state index >= 15 is 0 Å². The molecule has 0 nitrogen and oxygen atoms in total. The summed E-state index contributed by atoms with van der Waals surface area (Å²) < 4.78 is 2.08. The zero-order chi connectivity index (χ0) is 20.5. The van der Waals surface area contributed by atoms with E-state index in [0.717, 1.165) is 5.56 Å². The zero-order valence-corrected chi connectivity index (χ0v) is 19.9. The van der Waals surface area contributed by atoms with Gasteiger partial charge in [-0.2, -0.15) is 0 Å². The molecule has 0 N–H and O–H groups in total. The van der Waals surface area contributed by atoms with E-state index in [-0.39, 0.29) is 0 Å². The van der Waals surface area contributed by atoms with Gasteiger partial charge in [0, 0.05) is 0 Å². The summed E-state index contributed by atoms with van der Waals surface area (Å²) in [5, 5.41) is 5.01. The maximum atomic E-state index is 6.34. The van der Waals surface area contributed by atoms with Crippen molar-refractivity contribution in [1.82, 2.24) is 0 Å². The van der Waals surface area contributed by atoms with Crippen molar-refractivity contribution in [2.24, 2.45) is 5.92 Å². The molecule has 4 rings (SSSR count). The van der Waals surface area contributed by atoms with Crippen LogP contribution < -0.4 is 0 Å². The Balaban J connectivity index is 2.22. The second kappa shape index (κ2) is 8.60. The second-order valence-electron chi connectivity index (χ2n) is 7.67. The van der Waals surface area contributed by atoms with Gasteiger partial charge in [0.15, 0.2) is 0 Å². The minimum absolute atomic E-state index is 0.406. The molecule has 29 heavy (non-hydrogen) atoms. The summed E-state index contributed by atoms with van der Waals surface area (Å²) >= 11 is -1.97. The fourth-order valence-electron chi connectivity index (χ4n) is 4.05. The fourth-order valence-corrected chi connectivity index (χ4v) is 5.85. The minimum atomic E-state index is -1.97. The van der Waals surface area contributed by atoms with E-state index in [0.29, 0.717) is 5.92 Å². The average Bonchev–Trinajstić information content (AvgIpc) is 2.68. The SMILES string of the molecule is Cc1ccc2ccccc2c1-c1c([CH+]C(C)C)c([CH]=[Ru]([Cl])[Cl])cc2ccccc12. The maximum absolute atomic E-state index is 6.34. The van der Waals surface area contributed by atoms with Crippen LogP contribution in [0.4, 0.5) is 0 Å². The van der Waals surface area contributed by atoms with E-state index in [1.165, 1.54) is 43.8 Å². The quantitative estimate of drug-likeness (QED) is 0.193. The molecule has 0 unspecified atom stereocenters. The van der Waals surface area contributed by atoms with Gasteiger partial charge in [0.2, 0.25) is 0 Å². The van der Waals surface area contributed by atoms with E-state index in [2.05, 4.69) is 98.5 Å². The van der Waals surface area contributed by atoms with Crippen LogP contribution in [-0.2, 0) is 13.5 Å². The second-order valence-corrected chi connectivity index (χ2v) is 13.4. The van der Waals surface area contributed by atoms with Crippen molar-refractivity contribution in [3.8, 4) is 11.1 Å². The van der Waals surface area contributed by atoms with Crippen molar-refractivity contribution < 1.29 is 13.5 Å². The van der Waals surface area contributed by atoms with Gasteiger partial charge in [0.05, 0.1) is 0 Å². The van der Waals surface area contributed by atoms with Crippen LogP contribution in [0.15, 0.2) is 66.7 Å². The molecule has 0 aliphatic heterocycles. The van der Waals surface area contributed by atoms with Crippen LogP contribution in [-0.4, -0.2) is 4.61 Å². The predicted octanol–water partition coefficient (Wildman–Crippen LogP) is 8.25. The summed E-state index contributed by atoms with van der Waals surface area (Å²) in [5.41, 5.74) is 6.22. The first-order chi connectivity index (χ1) is 14.0. The normalized spacial score (nSPS) is 11.9. The van der Waals surface area contributed by atoms with E-state index in [1.54, 1.807) is 0 Å². The third-order valence-corrected chi connectivity index (χ3v) is 7.03. The molecule has 0 saturated heterocycles. The number of aryl methyl sites for hydroxylation is 1. The third kappa shape index (κ3) is 4.15. The number of fused-ring (bicyclic) bond motifs is 2. The molecule has 0 spiro atoms. The molecule has 3 heteroatoms. The van der Waals surface area contributed by atoms with Gasteiger partial charge in [0.25, 0.3) is 0 Å². The van der Waals surface area contributed by atoms with Gasteiger partial charge in [-0.05, 0) is 0 Å². The van der Waals surface area contributed by atoms with Gasteiger partial charge < -0.3 is 0 Å². The average molecular weight is 507 g/mol. The molecule has 0 amide bonds. The molecule has 0 saturated carbocycles. The molecule has 0 fully saturated rings. The summed E-state index contributed by atoms with van der Waals surface area (Å²) in [6, 6.07) is 23.9. The Hall–Kier alpha value is -1.66. The molecule has 0 aliphatic carbocycles. The Morgan fingerprint density at radius 3 is 2.10 bits per heavy atom. The standard InChI is InChI=1S/C26H23.2ClH.Ru/c1-17(2)15-24-19(4)16-21-10-6-8-12-23(21)26(24)25-18(3)13-14-20-9-5-7-11-22(20)25;;;/h4-17H,1-3H3;2*1H;/q+1;;;+2/p-2. The van der Waals surface area contributed by atoms with Crippen molar-refractivity contribution in [2.45, 2.75) is 20.8 Å². The van der Waals surface area contributed by atoms with Gasteiger partial charge in [-0.15, -0.1) is 0 Å². The van der Waals surface area contributed by atoms with Crippen LogP contribution in [0.5, 0.6) is 0 Å². The number of benzene rings is 4. The van der Waals surface area contributed by atoms with Crippen LogP contribution >= 0.6 is 19.4 Å². The molecule has 0 aliphatic rings. The summed E-state index contributed by atoms with van der Waals surface area (Å²) in [5.74, 6) is 0.406. The topological polar surface area (TPSA) is 0 Å². The molecule has 148 valence electrons. The van der Waals surface area contributed by atoms with E-state index in [1.807, 2.05) is 0 Å². The van der Waals surface area contributed by atoms with E-state index < -0.39 is 13.5 Å². The summed E-state index contributed by atoms with van der Waals surface area (Å²) in [4.78, 5) is 0. The molecular weight excluding hydrogens is 484 g/mol. The Morgan fingerprint density at radius 1 is 0.828 bits per heavy atom. The zero-order valence-electron chi connectivity index (χ0n) is 16.7. The Morgan fingerprint density at radius 2 is 1.45 bits per heavy atom. The molecule has 4 aromatic carbocycles. The molecule has 0 radical (unpaired) electrons. The first-order valence-corrected chi connectivity index (χ1v) is 15.2. The third-order valence-electron chi connectivity index (χ3n) is 5.20. The Labute approximate surface area is 186 Å². The first kappa shape index (κ1) is 20.6. The molecule has 0 bridgehead atoms. The number of hydrogen-bond acceptors (Lipinski definition) is 0. The van der Waals surface area contributed by atoms with E-state index in [4.69, 9.17) is 19.4 Å². The number of hydrogen-bond donors (Lipinski definition) is 0. The number of rotatable bonds is 4. The Kier molecular flexibility index (Phi) is 6.12. The fraction of sp³-hybridized carbons (Fsp3) is 0.154. The Bertz CT molecular complexity index is 1230. The van der Waals surface area contributed by atoms with E-state index in [9.17, 15) is 0 Å². The van der Waals surface area contributed by atoms with Crippen LogP contribution in [0.2, 0.25) is 0 Å². The predicted molar refractivity (Wildman–Crippen MR) is 127 cm³/mol. The molecule has 0 heterocycles. The van der Waals surface area contributed by atoms with Crippen molar-refractivity contribution in [3.05, 3.63) is 89.8 Å². The van der Waals surface area contributed by atoms with Crippen LogP contribution in [0.25, 0.3) is 32.7 Å². The van der Waals surface area contributed by atoms with Gasteiger partial charge in [-0.1, -0.05) is 0 Å². The van der Waals surface area contributed by atoms with Gasteiger partial charge >= 0.3 is 187 Å². The van der Waals surface area contributed by atoms with Crippen molar-refractivity contribution in [3.63, 3.8) is 0 Å². The molecule has 4 aromatic rings. The van der Waals surface area contributed by atoms with Crippen molar-refractivity contribution in [2.75, 3.05) is 0 Å². The summed E-state index contributed by atoms with van der Waals surface area (Å²) in [6.07, 6.45) is 2.35.